The summed E-state index contributed by atoms with van der Waals surface area (Å²) >= 11 is 1.45. The molecule has 5 rings (SSSR count). The van der Waals surface area contributed by atoms with E-state index in [0.717, 1.165) is 34.7 Å². The van der Waals surface area contributed by atoms with E-state index in [4.69, 9.17) is 0 Å². The third-order valence-electron chi connectivity index (χ3n) is 4.73. The highest BCUT2D eigenvalue weighted by Crippen LogP contribution is 2.30. The van der Waals surface area contributed by atoms with Crippen LogP contribution in [0.4, 0.5) is 11.4 Å². The van der Waals surface area contributed by atoms with Crippen LogP contribution in [0.5, 0.6) is 0 Å². The number of hydrogen-bond acceptors (Lipinski definition) is 6. The van der Waals surface area contributed by atoms with Gasteiger partial charge in [0, 0.05) is 25.4 Å². The number of carbonyl (C=O) groups excluding carboxylic acids is 1. The molecule has 2 N–H and O–H groups in total. The van der Waals surface area contributed by atoms with Crippen molar-refractivity contribution in [2.45, 2.75) is 12.8 Å². The van der Waals surface area contributed by atoms with Crippen molar-refractivity contribution in [2.24, 2.45) is 13.0 Å². The van der Waals surface area contributed by atoms with Gasteiger partial charge >= 0.3 is 0 Å². The van der Waals surface area contributed by atoms with Gasteiger partial charge in [-0.05, 0) is 35.8 Å². The van der Waals surface area contributed by atoms with Crippen LogP contribution in [0, 0.1) is 5.92 Å². The molecule has 0 radical (unpaired) electrons. The Hall–Kier alpha value is -3.20. The zero-order valence-corrected chi connectivity index (χ0v) is 16.1. The smallest absolute Gasteiger partial charge is 0.261 e. The predicted octanol–water partition coefficient (Wildman–Crippen LogP) is 3.07. The monoisotopic (exact) mass is 393 g/mol. The van der Waals surface area contributed by atoms with Crippen LogP contribution in [0.3, 0.4) is 0 Å². The molecule has 1 aliphatic rings. The number of aryl methyl sites for hydroxylation is 1. The van der Waals surface area contributed by atoms with Crippen molar-refractivity contribution in [1.29, 1.82) is 0 Å². The van der Waals surface area contributed by atoms with E-state index in [1.54, 1.807) is 27.8 Å². The minimum Gasteiger partial charge on any atom is -0.351 e. The lowest BCUT2D eigenvalue weighted by Gasteiger charge is -2.03. The highest BCUT2D eigenvalue weighted by atomic mass is 32.1. The summed E-state index contributed by atoms with van der Waals surface area (Å²) in [5, 5.41) is 16.8. The van der Waals surface area contributed by atoms with Crippen LogP contribution in [0.15, 0.2) is 42.4 Å². The molecule has 0 unspecified atom stereocenters. The van der Waals surface area contributed by atoms with Crippen LogP contribution in [0.1, 0.15) is 22.5 Å². The standard InChI is InChI=1S/C19H19N7OS/c1-25-9-15(7-22-25)24-14-6-20-18-16(8-23-26(18)10-14)13-4-17(28-11-13)19(27)21-5-12-2-3-12/h4,6-12,24H,2-3,5H2,1H3,(H,21,27). The van der Waals surface area contributed by atoms with Crippen molar-refractivity contribution in [2.75, 3.05) is 11.9 Å². The topological polar surface area (TPSA) is 89.1 Å². The Labute approximate surface area is 165 Å². The van der Waals surface area contributed by atoms with Crippen LogP contribution in [-0.4, -0.2) is 36.8 Å². The number of rotatable bonds is 6. The number of nitrogens with zero attached hydrogens (tertiary/aromatic N) is 5. The number of carbonyl (C=O) groups is 1. The van der Waals surface area contributed by atoms with E-state index in [2.05, 4.69) is 25.8 Å². The third-order valence-corrected chi connectivity index (χ3v) is 5.66. The van der Waals surface area contributed by atoms with Crippen LogP contribution in [0.25, 0.3) is 16.8 Å². The second kappa shape index (κ2) is 6.75. The average molecular weight is 393 g/mol. The number of thiophene rings is 1. The highest BCUT2D eigenvalue weighted by Gasteiger charge is 2.22. The maximum atomic E-state index is 12.3. The normalized spacial score (nSPS) is 13.8. The zero-order chi connectivity index (χ0) is 19.1. The molecular formula is C19H19N7OS. The molecule has 0 atom stereocenters. The average Bonchev–Trinajstić information content (AvgIpc) is 3.05. The first kappa shape index (κ1) is 16.9. The molecule has 4 heterocycles. The summed E-state index contributed by atoms with van der Waals surface area (Å²) in [4.78, 5) is 17.6. The SMILES string of the molecule is Cn1cc(Nc2cnc3c(-c4csc(C(=O)NCC5CC5)c4)cnn3c2)cn1. The van der Waals surface area contributed by atoms with Gasteiger partial charge in [0.15, 0.2) is 5.65 Å². The second-order valence-electron chi connectivity index (χ2n) is 7.05. The molecule has 142 valence electrons. The lowest BCUT2D eigenvalue weighted by molar-refractivity contribution is 0.0956. The maximum absolute atomic E-state index is 12.3. The number of hydrogen-bond donors (Lipinski definition) is 2. The number of aromatic nitrogens is 5. The zero-order valence-electron chi connectivity index (χ0n) is 15.3. The fraction of sp³-hybridized carbons (Fsp3) is 0.263. The predicted molar refractivity (Wildman–Crippen MR) is 108 cm³/mol. The van der Waals surface area contributed by atoms with Gasteiger partial charge in [0.2, 0.25) is 0 Å². The summed E-state index contributed by atoms with van der Waals surface area (Å²) < 4.78 is 3.47. The van der Waals surface area contributed by atoms with Gasteiger partial charge < -0.3 is 10.6 Å². The molecule has 0 spiro atoms. The van der Waals surface area contributed by atoms with Gasteiger partial charge in [-0.3, -0.25) is 9.48 Å². The molecule has 1 aliphatic carbocycles. The Morgan fingerprint density at radius 1 is 1.21 bits per heavy atom. The Bertz CT molecular complexity index is 1150. The van der Waals surface area contributed by atoms with Crippen LogP contribution in [-0.2, 0) is 7.05 Å². The molecule has 0 aliphatic heterocycles. The number of amides is 1. The Morgan fingerprint density at radius 3 is 2.86 bits per heavy atom. The largest absolute Gasteiger partial charge is 0.351 e. The second-order valence-corrected chi connectivity index (χ2v) is 7.96. The molecule has 4 aromatic heterocycles. The lowest BCUT2D eigenvalue weighted by Crippen LogP contribution is -2.24. The van der Waals surface area contributed by atoms with Gasteiger partial charge in [-0.1, -0.05) is 0 Å². The molecule has 9 heteroatoms. The quantitative estimate of drug-likeness (QED) is 0.525. The number of fused-ring (bicyclic) bond motifs is 1. The molecule has 0 aromatic carbocycles. The molecule has 1 amide bonds. The van der Waals surface area contributed by atoms with Gasteiger partial charge in [0.05, 0.1) is 41.0 Å². The van der Waals surface area contributed by atoms with E-state index < -0.39 is 0 Å². The molecule has 28 heavy (non-hydrogen) atoms. The van der Waals surface area contributed by atoms with Crippen LogP contribution in [0.2, 0.25) is 0 Å². The van der Waals surface area contributed by atoms with Crippen molar-refractivity contribution in [3.63, 3.8) is 0 Å². The van der Waals surface area contributed by atoms with Gasteiger partial charge in [-0.15, -0.1) is 11.3 Å². The minimum absolute atomic E-state index is 0.00413. The van der Waals surface area contributed by atoms with Gasteiger partial charge in [-0.25, -0.2) is 9.50 Å². The third kappa shape index (κ3) is 3.36. The van der Waals surface area contributed by atoms with Crippen molar-refractivity contribution in [3.05, 3.63) is 47.3 Å². The van der Waals surface area contributed by atoms with E-state index in [1.807, 2.05) is 30.9 Å². The fourth-order valence-corrected chi connectivity index (χ4v) is 3.86. The Morgan fingerprint density at radius 2 is 2.07 bits per heavy atom. The van der Waals surface area contributed by atoms with Gasteiger partial charge in [0.25, 0.3) is 5.91 Å². The summed E-state index contributed by atoms with van der Waals surface area (Å²) in [6, 6.07) is 1.91. The maximum Gasteiger partial charge on any atom is 0.261 e. The highest BCUT2D eigenvalue weighted by molar-refractivity contribution is 7.12. The van der Waals surface area contributed by atoms with E-state index in [9.17, 15) is 4.79 Å². The molecule has 8 nitrogen and oxygen atoms in total. The first-order chi connectivity index (χ1) is 13.7. The summed E-state index contributed by atoms with van der Waals surface area (Å²) in [7, 11) is 1.87. The van der Waals surface area contributed by atoms with Crippen LogP contribution >= 0.6 is 11.3 Å². The summed E-state index contributed by atoms with van der Waals surface area (Å²) in [6.45, 7) is 0.775. The first-order valence-electron chi connectivity index (χ1n) is 9.12. The molecule has 1 fully saturated rings. The van der Waals surface area contributed by atoms with Crippen LogP contribution < -0.4 is 10.6 Å². The minimum atomic E-state index is -0.00413. The van der Waals surface area contributed by atoms with E-state index >= 15 is 0 Å². The van der Waals surface area contributed by atoms with Crippen molar-refractivity contribution >= 4 is 34.3 Å². The Balaban J connectivity index is 1.36. The van der Waals surface area contributed by atoms with Crippen molar-refractivity contribution in [3.8, 4) is 11.1 Å². The van der Waals surface area contributed by atoms with Gasteiger partial charge in [0.1, 0.15) is 0 Å². The van der Waals surface area contributed by atoms with E-state index in [1.165, 1.54) is 24.2 Å². The molecule has 1 saturated carbocycles. The molecular weight excluding hydrogens is 374 g/mol. The first-order valence-corrected chi connectivity index (χ1v) is 10.00. The molecule has 0 saturated heterocycles. The van der Waals surface area contributed by atoms with Crippen molar-refractivity contribution < 1.29 is 4.79 Å². The van der Waals surface area contributed by atoms with Gasteiger partial charge in [-0.2, -0.15) is 10.2 Å². The lowest BCUT2D eigenvalue weighted by atomic mass is 10.2. The number of anilines is 2. The summed E-state index contributed by atoms with van der Waals surface area (Å²) in [6.07, 6.45) is 11.5. The van der Waals surface area contributed by atoms with E-state index in [-0.39, 0.29) is 5.91 Å². The molecule has 4 aromatic rings. The Kier molecular flexibility index (Phi) is 4.09. The fourth-order valence-electron chi connectivity index (χ4n) is 3.04. The van der Waals surface area contributed by atoms with E-state index in [0.29, 0.717) is 10.8 Å². The molecule has 0 bridgehead atoms. The summed E-state index contributed by atoms with van der Waals surface area (Å²) in [5.41, 5.74) is 4.32. The van der Waals surface area contributed by atoms with Crippen molar-refractivity contribution in [1.82, 2.24) is 29.7 Å². The summed E-state index contributed by atoms with van der Waals surface area (Å²) in [5.74, 6) is 0.664. The number of nitrogens with one attached hydrogen (secondary N) is 2.